The van der Waals surface area contributed by atoms with Gasteiger partial charge in [-0.05, 0) is 69.4 Å². The van der Waals surface area contributed by atoms with Crippen molar-refractivity contribution in [2.45, 2.75) is 94.1 Å². The van der Waals surface area contributed by atoms with E-state index < -0.39 is 22.9 Å². The Morgan fingerprint density at radius 1 is 0.973 bits per heavy atom. The van der Waals surface area contributed by atoms with Crippen molar-refractivity contribution in [3.63, 3.8) is 0 Å². The van der Waals surface area contributed by atoms with Crippen LogP contribution in [0, 0.1) is 46.3 Å². The molecule has 0 saturated heterocycles. The van der Waals surface area contributed by atoms with Gasteiger partial charge < -0.3 is 4.74 Å². The van der Waals surface area contributed by atoms with Gasteiger partial charge in [0.2, 0.25) is 0 Å². The highest BCUT2D eigenvalue weighted by Gasteiger charge is 2.82. The fourth-order valence-electron chi connectivity index (χ4n) is 9.85. The Hall–Kier alpha value is -2.30. The first-order valence-corrected chi connectivity index (χ1v) is 14.1. The van der Waals surface area contributed by atoms with Crippen molar-refractivity contribution in [1.29, 1.82) is 0 Å². The number of carbonyl (C=O) groups is 4. The Morgan fingerprint density at radius 3 is 2.19 bits per heavy atom. The first-order chi connectivity index (χ1) is 17.2. The number of carbonyl (C=O) groups excluding carboxylic acids is 4. The molecule has 5 aliphatic carbocycles. The van der Waals surface area contributed by atoms with E-state index in [1.54, 1.807) is 0 Å². The van der Waals surface area contributed by atoms with Crippen LogP contribution in [0.4, 0.5) is 0 Å². The summed E-state index contributed by atoms with van der Waals surface area (Å²) in [4.78, 5) is 54.3. The highest BCUT2D eigenvalue weighted by atomic mass is 16.5. The second-order valence-electron chi connectivity index (χ2n) is 13.2. The summed E-state index contributed by atoms with van der Waals surface area (Å²) in [6.07, 6.45) is 1.65. The van der Waals surface area contributed by atoms with E-state index in [0.717, 1.165) is 16.7 Å². The summed E-state index contributed by atoms with van der Waals surface area (Å²) >= 11 is 0. The van der Waals surface area contributed by atoms with E-state index in [4.69, 9.17) is 4.74 Å². The third-order valence-corrected chi connectivity index (χ3v) is 11.1. The average molecular weight is 507 g/mol. The Morgan fingerprint density at radius 2 is 1.62 bits per heavy atom. The number of allylic oxidation sites excluding steroid dienone is 4. The minimum atomic E-state index is -0.728. The minimum Gasteiger partial charge on any atom is -0.461 e. The van der Waals surface area contributed by atoms with Crippen molar-refractivity contribution in [3.05, 3.63) is 33.4 Å². The summed E-state index contributed by atoms with van der Waals surface area (Å²) in [6, 6.07) is 0. The lowest BCUT2D eigenvalue weighted by molar-refractivity contribution is -0.155. The van der Waals surface area contributed by atoms with E-state index in [0.29, 0.717) is 31.3 Å². The maximum Gasteiger partial charge on any atom is 0.302 e. The zero-order chi connectivity index (χ0) is 27.4. The van der Waals surface area contributed by atoms with E-state index in [1.165, 1.54) is 18.1 Å². The molecule has 0 aromatic rings. The molecule has 5 rings (SSSR count). The van der Waals surface area contributed by atoms with Gasteiger partial charge in [-0.1, -0.05) is 44.4 Å². The Bertz CT molecular complexity index is 1220. The normalized spacial score (nSPS) is 41.1. The first kappa shape index (κ1) is 26.3. The van der Waals surface area contributed by atoms with Crippen LogP contribution >= 0.6 is 0 Å². The predicted molar refractivity (Wildman–Crippen MR) is 141 cm³/mol. The number of esters is 1. The molecule has 200 valence electrons. The van der Waals surface area contributed by atoms with Gasteiger partial charge in [-0.15, -0.1) is 0 Å². The molecule has 8 atom stereocenters. The number of hydrogen-bond acceptors (Lipinski definition) is 5. The third kappa shape index (κ3) is 2.97. The molecule has 0 aliphatic heterocycles. The van der Waals surface area contributed by atoms with Gasteiger partial charge >= 0.3 is 5.97 Å². The lowest BCUT2D eigenvalue weighted by atomic mass is 9.51. The Balaban J connectivity index is 1.89. The van der Waals surface area contributed by atoms with E-state index in [2.05, 4.69) is 34.6 Å². The van der Waals surface area contributed by atoms with Gasteiger partial charge in [0, 0.05) is 53.9 Å². The molecular weight excluding hydrogens is 464 g/mol. The highest BCUT2D eigenvalue weighted by molar-refractivity contribution is 6.11. The van der Waals surface area contributed by atoms with Crippen molar-refractivity contribution in [2.24, 2.45) is 46.3 Å². The van der Waals surface area contributed by atoms with Crippen LogP contribution in [-0.4, -0.2) is 29.4 Å². The second-order valence-corrected chi connectivity index (χ2v) is 13.2. The van der Waals surface area contributed by atoms with Gasteiger partial charge in [-0.3, -0.25) is 19.2 Å². The topological polar surface area (TPSA) is 77.5 Å². The van der Waals surface area contributed by atoms with Crippen molar-refractivity contribution in [2.75, 3.05) is 0 Å². The van der Waals surface area contributed by atoms with Gasteiger partial charge in [0.1, 0.15) is 11.9 Å². The van der Waals surface area contributed by atoms with E-state index >= 15 is 0 Å². The third-order valence-electron chi connectivity index (χ3n) is 11.1. The fraction of sp³-hybridized carbons (Fsp3) is 0.688. The van der Waals surface area contributed by atoms with E-state index in [9.17, 15) is 19.2 Å². The predicted octanol–water partition coefficient (Wildman–Crippen LogP) is 5.97. The van der Waals surface area contributed by atoms with E-state index in [-0.39, 0.29) is 52.9 Å². The average Bonchev–Trinajstić information content (AvgIpc) is 3.19. The number of Topliss-reactive ketones (excluding diaryl/α,β-unsaturated/α-hetero) is 3. The van der Waals surface area contributed by atoms with Crippen LogP contribution in [-0.2, 0) is 23.9 Å². The molecule has 3 fully saturated rings. The van der Waals surface area contributed by atoms with Crippen LogP contribution in [0.3, 0.4) is 0 Å². The molecule has 0 aromatic carbocycles. The zero-order valence-electron chi connectivity index (χ0n) is 23.9. The van der Waals surface area contributed by atoms with Crippen molar-refractivity contribution in [1.82, 2.24) is 0 Å². The Kier molecular flexibility index (Phi) is 5.94. The van der Waals surface area contributed by atoms with E-state index in [1.807, 2.05) is 20.8 Å². The van der Waals surface area contributed by atoms with Gasteiger partial charge in [-0.2, -0.15) is 0 Å². The van der Waals surface area contributed by atoms with Crippen LogP contribution in [0.1, 0.15) is 88.0 Å². The Labute approximate surface area is 221 Å². The lowest BCUT2D eigenvalue weighted by Crippen LogP contribution is -2.49. The van der Waals surface area contributed by atoms with Crippen molar-refractivity contribution in [3.8, 4) is 0 Å². The number of ketones is 3. The van der Waals surface area contributed by atoms with Gasteiger partial charge in [0.25, 0.3) is 0 Å². The molecule has 0 aromatic heterocycles. The summed E-state index contributed by atoms with van der Waals surface area (Å²) in [5.74, 6) is -0.510. The lowest BCUT2D eigenvalue weighted by Gasteiger charge is -2.50. The van der Waals surface area contributed by atoms with Crippen LogP contribution in [0.25, 0.3) is 0 Å². The summed E-state index contributed by atoms with van der Waals surface area (Å²) in [5, 5.41) is 0. The van der Waals surface area contributed by atoms with Gasteiger partial charge in [-0.25, -0.2) is 0 Å². The molecule has 5 aliphatic rings. The molecular formula is C32H42O5. The minimum absolute atomic E-state index is 0.0562. The largest absolute Gasteiger partial charge is 0.461 e. The molecule has 5 nitrogen and oxygen atoms in total. The summed E-state index contributed by atoms with van der Waals surface area (Å²) in [6.45, 7) is 17.9. The number of hydrogen-bond donors (Lipinski definition) is 0. The SMILES string of the molecule is CC(=O)O[C@@H]1[C@@H]2C(C)=C3C[C@H](C(C)C)C(=O)C[C@H](C)[C@@]31[C@@H]1C(=O)C(C)=C3C(=C(C)C)C(=O)CC[C@@H](C)[C@@]312. The molecule has 37 heavy (non-hydrogen) atoms. The fourth-order valence-corrected chi connectivity index (χ4v) is 9.85. The molecule has 0 amide bonds. The summed E-state index contributed by atoms with van der Waals surface area (Å²) in [5.41, 5.74) is 4.30. The molecule has 0 N–H and O–H groups in total. The monoisotopic (exact) mass is 506 g/mol. The summed E-state index contributed by atoms with van der Waals surface area (Å²) in [7, 11) is 0. The summed E-state index contributed by atoms with van der Waals surface area (Å²) < 4.78 is 6.29. The van der Waals surface area contributed by atoms with Crippen LogP contribution in [0.15, 0.2) is 33.4 Å². The molecule has 0 heterocycles. The molecule has 5 heteroatoms. The number of fused-ring (bicyclic) bond motifs is 1. The molecule has 0 radical (unpaired) electrons. The van der Waals surface area contributed by atoms with Crippen LogP contribution < -0.4 is 0 Å². The number of rotatable bonds is 2. The maximum absolute atomic E-state index is 14.6. The van der Waals surface area contributed by atoms with Gasteiger partial charge in [0.15, 0.2) is 11.6 Å². The quantitative estimate of drug-likeness (QED) is 0.262. The first-order valence-electron chi connectivity index (χ1n) is 14.1. The van der Waals surface area contributed by atoms with Crippen LogP contribution in [0.5, 0.6) is 0 Å². The standard InChI is InChI=1S/C32H42O5/c1-14(2)21-13-22-18(7)27-30(37-20(9)33)31(22,17(6)12-24(21)35)29-28(36)19(8)26-25(15(3)4)23(34)11-10-16(5)32(26,27)29/h14,16-17,21,27,29-30H,10-13H2,1-9H3/t16-,17+,21-,27+,29+,30-,31+,32+/m1/s1. The zero-order valence-corrected chi connectivity index (χ0v) is 23.9. The maximum atomic E-state index is 14.6. The van der Waals surface area contributed by atoms with Crippen LogP contribution in [0.2, 0.25) is 0 Å². The van der Waals surface area contributed by atoms with Crippen molar-refractivity contribution >= 4 is 23.3 Å². The number of ether oxygens (including phenoxy) is 1. The highest BCUT2D eigenvalue weighted by Crippen LogP contribution is 2.80. The van der Waals surface area contributed by atoms with Crippen molar-refractivity contribution < 1.29 is 23.9 Å². The molecule has 2 spiro atoms. The smallest absolute Gasteiger partial charge is 0.302 e. The van der Waals surface area contributed by atoms with Gasteiger partial charge in [0.05, 0.1) is 0 Å². The molecule has 0 unspecified atom stereocenters. The second kappa shape index (κ2) is 8.35. The molecule has 3 saturated carbocycles. The molecule has 2 bridgehead atoms.